The van der Waals surface area contributed by atoms with Crippen LogP contribution in [0.2, 0.25) is 0 Å². The predicted octanol–water partition coefficient (Wildman–Crippen LogP) is 3.99. The van der Waals surface area contributed by atoms with Gasteiger partial charge in [0.2, 0.25) is 0 Å². The van der Waals surface area contributed by atoms with Gasteiger partial charge in [0, 0.05) is 12.7 Å². The summed E-state index contributed by atoms with van der Waals surface area (Å²) in [5.41, 5.74) is 2.23. The normalized spacial score (nSPS) is 19.3. The van der Waals surface area contributed by atoms with Crippen molar-refractivity contribution in [3.8, 4) is 0 Å². The van der Waals surface area contributed by atoms with Crippen LogP contribution in [0.3, 0.4) is 0 Å². The van der Waals surface area contributed by atoms with Crippen molar-refractivity contribution in [2.75, 3.05) is 0 Å². The van der Waals surface area contributed by atoms with Gasteiger partial charge in [0.15, 0.2) is 5.65 Å². The van der Waals surface area contributed by atoms with E-state index in [1.807, 2.05) is 67.6 Å². The molecule has 0 saturated heterocycles. The van der Waals surface area contributed by atoms with Crippen molar-refractivity contribution < 1.29 is 4.74 Å². The van der Waals surface area contributed by atoms with E-state index in [2.05, 4.69) is 11.9 Å². The molecule has 2 heterocycles. The largest absolute Gasteiger partial charge is 0.489 e. The lowest BCUT2D eigenvalue weighted by molar-refractivity contribution is 0.205. The molecule has 1 aliphatic carbocycles. The van der Waals surface area contributed by atoms with Crippen LogP contribution in [0, 0.1) is 0 Å². The molecule has 5 heteroatoms. The molecule has 3 aromatic rings. The zero-order chi connectivity index (χ0) is 18.9. The minimum atomic E-state index is -0.469. The third-order valence-corrected chi connectivity index (χ3v) is 5.09. The van der Waals surface area contributed by atoms with E-state index in [0.717, 1.165) is 22.5 Å². The summed E-state index contributed by atoms with van der Waals surface area (Å²) in [4.78, 5) is 17.5. The maximum atomic E-state index is 13.0. The first kappa shape index (κ1) is 17.3. The number of pyridine rings is 1. The quantitative estimate of drug-likeness (QED) is 0.690. The van der Waals surface area contributed by atoms with Crippen LogP contribution >= 0.6 is 0 Å². The number of imidazole rings is 1. The van der Waals surface area contributed by atoms with Crippen molar-refractivity contribution >= 4 is 11.2 Å². The minimum Gasteiger partial charge on any atom is -0.489 e. The van der Waals surface area contributed by atoms with Crippen molar-refractivity contribution in [2.24, 2.45) is 0 Å². The Labute approximate surface area is 158 Å². The smallest absolute Gasteiger partial charge is 0.331 e. The van der Waals surface area contributed by atoms with Crippen LogP contribution < -0.4 is 5.69 Å². The van der Waals surface area contributed by atoms with Gasteiger partial charge in [-0.15, -0.1) is 0 Å². The third kappa shape index (κ3) is 3.10. The standard InChI is InChI=1S/C22H23N3O2/c1-3-24-19-10-7-15-23-20(19)25(21(24)26)22(2)13-11-18(12-14-22)27-16-17-8-5-4-6-9-17/h4-13,15H,3,14,16H2,1-2H3. The molecule has 0 amide bonds. The molecule has 1 aromatic carbocycles. The van der Waals surface area contributed by atoms with Gasteiger partial charge >= 0.3 is 5.69 Å². The van der Waals surface area contributed by atoms with E-state index >= 15 is 0 Å². The van der Waals surface area contributed by atoms with Crippen LogP contribution in [0.1, 0.15) is 25.8 Å². The van der Waals surface area contributed by atoms with Gasteiger partial charge in [0.1, 0.15) is 12.4 Å². The van der Waals surface area contributed by atoms with Crippen LogP contribution in [0.25, 0.3) is 11.2 Å². The summed E-state index contributed by atoms with van der Waals surface area (Å²) >= 11 is 0. The summed E-state index contributed by atoms with van der Waals surface area (Å²) < 4.78 is 9.48. The van der Waals surface area contributed by atoms with Gasteiger partial charge in [0.05, 0.1) is 11.1 Å². The first-order chi connectivity index (χ1) is 13.1. The lowest BCUT2D eigenvalue weighted by Gasteiger charge is -2.29. The average molecular weight is 361 g/mol. The molecule has 2 aromatic heterocycles. The fourth-order valence-electron chi connectivity index (χ4n) is 3.57. The molecular formula is C22H23N3O2. The minimum absolute atomic E-state index is 0.0274. The number of rotatable bonds is 5. The fourth-order valence-corrected chi connectivity index (χ4v) is 3.57. The van der Waals surface area contributed by atoms with Gasteiger partial charge in [-0.3, -0.25) is 9.13 Å². The number of aryl methyl sites for hydroxylation is 1. The number of benzene rings is 1. The number of allylic oxidation sites excluding steroid dienone is 3. The zero-order valence-corrected chi connectivity index (χ0v) is 15.6. The Balaban J connectivity index is 1.61. The molecule has 1 aliphatic rings. The highest BCUT2D eigenvalue weighted by Gasteiger charge is 2.30. The molecule has 0 fully saturated rings. The van der Waals surface area contributed by atoms with Gasteiger partial charge in [0.25, 0.3) is 0 Å². The number of hydrogen-bond acceptors (Lipinski definition) is 3. The van der Waals surface area contributed by atoms with Crippen molar-refractivity contribution in [3.63, 3.8) is 0 Å². The Morgan fingerprint density at radius 1 is 1.19 bits per heavy atom. The first-order valence-electron chi connectivity index (χ1n) is 9.25. The lowest BCUT2D eigenvalue weighted by atomic mass is 9.92. The molecule has 0 spiro atoms. The van der Waals surface area contributed by atoms with Gasteiger partial charge in [-0.05, 0) is 50.1 Å². The Morgan fingerprint density at radius 2 is 2.00 bits per heavy atom. The van der Waals surface area contributed by atoms with Crippen LogP contribution in [0.15, 0.2) is 77.4 Å². The van der Waals surface area contributed by atoms with Crippen LogP contribution in [0.5, 0.6) is 0 Å². The van der Waals surface area contributed by atoms with E-state index in [4.69, 9.17) is 4.74 Å². The van der Waals surface area contributed by atoms with Gasteiger partial charge in [-0.25, -0.2) is 9.78 Å². The van der Waals surface area contributed by atoms with Crippen LogP contribution in [-0.2, 0) is 23.4 Å². The molecule has 0 saturated carbocycles. The van der Waals surface area contributed by atoms with E-state index in [-0.39, 0.29) is 5.69 Å². The molecule has 0 N–H and O–H groups in total. The number of aromatic nitrogens is 3. The summed E-state index contributed by atoms with van der Waals surface area (Å²) in [7, 11) is 0. The van der Waals surface area contributed by atoms with E-state index in [1.165, 1.54) is 0 Å². The SMILES string of the molecule is CCn1c(=O)n(C2(C)C=CC(OCc3ccccc3)=CC2)c2ncccc21. The van der Waals surface area contributed by atoms with E-state index in [1.54, 1.807) is 15.3 Å². The number of nitrogens with zero attached hydrogens (tertiary/aromatic N) is 3. The van der Waals surface area contributed by atoms with Crippen LogP contribution in [0.4, 0.5) is 0 Å². The van der Waals surface area contributed by atoms with Crippen molar-refractivity contribution in [2.45, 2.75) is 39.0 Å². The highest BCUT2D eigenvalue weighted by atomic mass is 16.5. The summed E-state index contributed by atoms with van der Waals surface area (Å²) in [6, 6.07) is 13.9. The highest BCUT2D eigenvalue weighted by molar-refractivity contribution is 5.72. The maximum Gasteiger partial charge on any atom is 0.331 e. The van der Waals surface area contributed by atoms with E-state index < -0.39 is 5.54 Å². The fraction of sp³-hybridized carbons (Fsp3) is 0.273. The summed E-state index contributed by atoms with van der Waals surface area (Å²) in [5, 5.41) is 0. The highest BCUT2D eigenvalue weighted by Crippen LogP contribution is 2.30. The second kappa shape index (κ2) is 6.91. The summed E-state index contributed by atoms with van der Waals surface area (Å²) in [5.74, 6) is 0.830. The van der Waals surface area contributed by atoms with Crippen LogP contribution in [-0.4, -0.2) is 14.1 Å². The Hall–Kier alpha value is -3.08. The Bertz CT molecular complexity index is 1080. The molecule has 0 radical (unpaired) electrons. The molecule has 1 unspecified atom stereocenters. The van der Waals surface area contributed by atoms with E-state index in [0.29, 0.717) is 19.6 Å². The summed E-state index contributed by atoms with van der Waals surface area (Å²) in [6.45, 7) is 5.19. The Morgan fingerprint density at radius 3 is 2.70 bits per heavy atom. The number of hydrogen-bond donors (Lipinski definition) is 0. The van der Waals surface area contributed by atoms with Gasteiger partial charge in [-0.2, -0.15) is 0 Å². The van der Waals surface area contributed by atoms with E-state index in [9.17, 15) is 4.79 Å². The molecule has 0 bridgehead atoms. The lowest BCUT2D eigenvalue weighted by Crippen LogP contribution is -2.38. The van der Waals surface area contributed by atoms with Crippen molar-refractivity contribution in [1.29, 1.82) is 0 Å². The average Bonchev–Trinajstić information content (AvgIpc) is 3.00. The predicted molar refractivity (Wildman–Crippen MR) is 106 cm³/mol. The molecule has 1 atom stereocenters. The maximum absolute atomic E-state index is 13.0. The first-order valence-corrected chi connectivity index (χ1v) is 9.25. The molecule has 5 nitrogen and oxygen atoms in total. The van der Waals surface area contributed by atoms with Gasteiger partial charge < -0.3 is 4.74 Å². The molecule has 138 valence electrons. The summed E-state index contributed by atoms with van der Waals surface area (Å²) in [6.07, 6.45) is 8.46. The molecule has 4 rings (SSSR count). The third-order valence-electron chi connectivity index (χ3n) is 5.09. The van der Waals surface area contributed by atoms with Crippen molar-refractivity contribution in [1.82, 2.24) is 14.1 Å². The second-order valence-corrected chi connectivity index (χ2v) is 6.98. The molecule has 0 aliphatic heterocycles. The molecule has 27 heavy (non-hydrogen) atoms. The van der Waals surface area contributed by atoms with Crippen molar-refractivity contribution in [3.05, 3.63) is 88.7 Å². The monoisotopic (exact) mass is 361 g/mol. The zero-order valence-electron chi connectivity index (χ0n) is 15.6. The Kier molecular flexibility index (Phi) is 4.44. The van der Waals surface area contributed by atoms with Gasteiger partial charge in [-0.1, -0.05) is 36.4 Å². The topological polar surface area (TPSA) is 49.0 Å². The second-order valence-electron chi connectivity index (χ2n) is 6.98. The molecular weight excluding hydrogens is 338 g/mol. The number of ether oxygens (including phenoxy) is 1. The number of fused-ring (bicyclic) bond motifs is 1.